The van der Waals surface area contributed by atoms with E-state index in [1.165, 1.54) is 19.3 Å². The third-order valence-electron chi connectivity index (χ3n) is 5.28. The Kier molecular flexibility index (Phi) is 8.24. The maximum atomic E-state index is 6.03. The highest BCUT2D eigenvalue weighted by molar-refractivity contribution is 5.86. The van der Waals surface area contributed by atoms with Gasteiger partial charge in [0.1, 0.15) is 5.82 Å². The zero-order valence-electron chi connectivity index (χ0n) is 18.6. The summed E-state index contributed by atoms with van der Waals surface area (Å²) in [7, 11) is 0. The fourth-order valence-corrected chi connectivity index (χ4v) is 3.71. The van der Waals surface area contributed by atoms with Crippen LogP contribution in [0.2, 0.25) is 0 Å². The largest absolute Gasteiger partial charge is 0.384 e. The average Bonchev–Trinajstić information content (AvgIpc) is 3.30. The van der Waals surface area contributed by atoms with Crippen LogP contribution in [0.5, 0.6) is 0 Å². The normalized spacial score (nSPS) is 15.4. The van der Waals surface area contributed by atoms with Crippen LogP contribution in [0.4, 0.5) is 11.5 Å². The van der Waals surface area contributed by atoms with Crippen molar-refractivity contribution < 1.29 is 4.74 Å². The van der Waals surface area contributed by atoms with Crippen LogP contribution in [-0.2, 0) is 17.6 Å². The lowest BCUT2D eigenvalue weighted by molar-refractivity contribution is 0.0675. The molecule has 0 radical (unpaired) electrons. The number of rotatable bonds is 1. The van der Waals surface area contributed by atoms with Crippen molar-refractivity contribution in [1.82, 2.24) is 9.88 Å². The van der Waals surface area contributed by atoms with Crippen LogP contribution in [0.3, 0.4) is 0 Å². The van der Waals surface area contributed by atoms with E-state index < -0.39 is 0 Å². The lowest BCUT2D eigenvalue weighted by Gasteiger charge is -2.27. The molecule has 31 heavy (non-hydrogen) atoms. The van der Waals surface area contributed by atoms with E-state index in [2.05, 4.69) is 34.2 Å². The van der Waals surface area contributed by atoms with E-state index in [1.54, 1.807) is 17.2 Å². The molecule has 1 saturated heterocycles. The molecule has 0 bridgehead atoms. The Hall–Kier alpha value is -3.12. The number of nitrogens with two attached hydrogens (primary N) is 2. The number of guanidine groups is 1. The molecule has 0 atom stereocenters. The van der Waals surface area contributed by atoms with Gasteiger partial charge in [0.05, 0.1) is 24.4 Å². The Morgan fingerprint density at radius 1 is 0.968 bits per heavy atom. The van der Waals surface area contributed by atoms with Crippen molar-refractivity contribution in [3.63, 3.8) is 0 Å². The summed E-state index contributed by atoms with van der Waals surface area (Å²) in [4.78, 5) is 10.7. The van der Waals surface area contributed by atoms with Gasteiger partial charge in [-0.3, -0.25) is 0 Å². The standard InChI is InChI=1S/C14H17N5O.C9H10.C2H6/c15-13-4-1-10-9-11(2-3-12(10)18-13)17-14(16)19-5-7-20-8-6-19;1-2-5-9-7-3-6-8(9)4-1;1-2/h1-4,9H,5-8H2,(H2,15,18)(H2,16,17);1-2,4-5H,3,6-7H2;1-2H3. The Morgan fingerprint density at radius 3 is 2.32 bits per heavy atom. The average molecular weight is 420 g/mol. The van der Waals surface area contributed by atoms with Gasteiger partial charge in [0.15, 0.2) is 5.96 Å². The molecule has 0 amide bonds. The number of nitrogens with zero attached hydrogens (tertiary/aromatic N) is 3. The van der Waals surface area contributed by atoms with Crippen LogP contribution < -0.4 is 11.5 Å². The molecular formula is C25H33N5O. The fourth-order valence-electron chi connectivity index (χ4n) is 3.71. The molecule has 5 rings (SSSR count). The predicted octanol–water partition coefficient (Wildman–Crippen LogP) is 4.30. The molecule has 0 saturated carbocycles. The highest BCUT2D eigenvalue weighted by Gasteiger charge is 2.12. The predicted molar refractivity (Wildman–Crippen MR) is 130 cm³/mol. The second-order valence-corrected chi connectivity index (χ2v) is 7.30. The number of hydrogen-bond donors (Lipinski definition) is 2. The van der Waals surface area contributed by atoms with E-state index in [0.717, 1.165) is 29.7 Å². The first-order chi connectivity index (χ1) is 15.2. The summed E-state index contributed by atoms with van der Waals surface area (Å²) in [6.45, 7) is 6.94. The number of benzene rings is 2. The molecule has 1 fully saturated rings. The maximum Gasteiger partial charge on any atom is 0.196 e. The number of ether oxygens (including phenoxy) is 1. The minimum absolute atomic E-state index is 0.515. The number of aryl methyl sites for hydroxylation is 2. The van der Waals surface area contributed by atoms with Crippen molar-refractivity contribution in [2.24, 2.45) is 10.7 Å². The molecule has 0 spiro atoms. The fraction of sp³-hybridized carbons (Fsp3) is 0.360. The Morgan fingerprint density at radius 2 is 1.65 bits per heavy atom. The first-order valence-corrected chi connectivity index (χ1v) is 11.1. The summed E-state index contributed by atoms with van der Waals surface area (Å²) in [5.41, 5.74) is 16.5. The van der Waals surface area contributed by atoms with E-state index in [9.17, 15) is 0 Å². The number of nitrogen functional groups attached to an aromatic ring is 1. The SMILES string of the molecule is CC.NC(=Nc1ccc2nc(N)ccc2c1)N1CCOCC1.c1ccc2c(c1)CCC2. The van der Waals surface area contributed by atoms with Crippen molar-refractivity contribution in [3.05, 3.63) is 65.7 Å². The Balaban J connectivity index is 0.000000205. The van der Waals surface area contributed by atoms with Crippen molar-refractivity contribution in [2.45, 2.75) is 33.1 Å². The molecular weight excluding hydrogens is 386 g/mol. The summed E-state index contributed by atoms with van der Waals surface area (Å²) in [6.07, 6.45) is 3.96. The monoisotopic (exact) mass is 419 g/mol. The summed E-state index contributed by atoms with van der Waals surface area (Å²) in [5.74, 6) is 1.04. The van der Waals surface area contributed by atoms with Crippen molar-refractivity contribution in [2.75, 3.05) is 32.0 Å². The first-order valence-electron chi connectivity index (χ1n) is 11.1. The molecule has 3 aromatic rings. The van der Waals surface area contributed by atoms with E-state index in [1.807, 2.05) is 43.0 Å². The molecule has 6 heteroatoms. The quantitative estimate of drug-likeness (QED) is 0.453. The van der Waals surface area contributed by atoms with Gasteiger partial charge in [0.25, 0.3) is 0 Å². The maximum absolute atomic E-state index is 6.03. The molecule has 1 aliphatic heterocycles. The minimum Gasteiger partial charge on any atom is -0.384 e. The number of pyridine rings is 1. The van der Waals surface area contributed by atoms with E-state index >= 15 is 0 Å². The molecule has 2 aromatic carbocycles. The van der Waals surface area contributed by atoms with Gasteiger partial charge in [0.2, 0.25) is 0 Å². The number of anilines is 1. The summed E-state index contributed by atoms with van der Waals surface area (Å²) in [5, 5.41) is 0.996. The summed E-state index contributed by atoms with van der Waals surface area (Å²) >= 11 is 0. The second kappa shape index (κ2) is 11.3. The van der Waals surface area contributed by atoms with Gasteiger partial charge in [-0.15, -0.1) is 0 Å². The third-order valence-corrected chi connectivity index (χ3v) is 5.28. The number of morpholine rings is 1. The van der Waals surface area contributed by atoms with Crippen LogP contribution in [-0.4, -0.2) is 42.1 Å². The Bertz CT molecular complexity index is 989. The van der Waals surface area contributed by atoms with Crippen molar-refractivity contribution in [3.8, 4) is 0 Å². The van der Waals surface area contributed by atoms with Crippen LogP contribution in [0.15, 0.2) is 59.6 Å². The van der Waals surface area contributed by atoms with Gasteiger partial charge in [-0.05, 0) is 60.7 Å². The molecule has 164 valence electrons. The molecule has 2 aliphatic rings. The third kappa shape index (κ3) is 6.18. The molecule has 4 N–H and O–H groups in total. The Labute approximate surface area is 184 Å². The molecule has 1 aliphatic carbocycles. The molecule has 2 heterocycles. The molecule has 0 unspecified atom stereocenters. The van der Waals surface area contributed by atoms with Crippen LogP contribution in [0.1, 0.15) is 31.4 Å². The van der Waals surface area contributed by atoms with Gasteiger partial charge < -0.3 is 21.1 Å². The zero-order chi connectivity index (χ0) is 22.1. The number of hydrogen-bond acceptors (Lipinski definition) is 4. The topological polar surface area (TPSA) is 89.8 Å². The first kappa shape index (κ1) is 22.6. The van der Waals surface area contributed by atoms with Gasteiger partial charge >= 0.3 is 0 Å². The van der Waals surface area contributed by atoms with Gasteiger partial charge in [0, 0.05) is 18.5 Å². The molecule has 6 nitrogen and oxygen atoms in total. The van der Waals surface area contributed by atoms with Crippen molar-refractivity contribution in [1.29, 1.82) is 0 Å². The zero-order valence-corrected chi connectivity index (χ0v) is 18.6. The van der Waals surface area contributed by atoms with Crippen LogP contribution >= 0.6 is 0 Å². The van der Waals surface area contributed by atoms with Gasteiger partial charge in [-0.2, -0.15) is 0 Å². The van der Waals surface area contributed by atoms with E-state index in [0.29, 0.717) is 25.0 Å². The summed E-state index contributed by atoms with van der Waals surface area (Å²) < 4.78 is 5.30. The highest BCUT2D eigenvalue weighted by atomic mass is 16.5. The highest BCUT2D eigenvalue weighted by Crippen LogP contribution is 2.21. The van der Waals surface area contributed by atoms with Gasteiger partial charge in [-0.25, -0.2) is 9.98 Å². The van der Waals surface area contributed by atoms with Crippen LogP contribution in [0.25, 0.3) is 10.9 Å². The number of aromatic nitrogens is 1. The van der Waals surface area contributed by atoms with Crippen LogP contribution in [0, 0.1) is 0 Å². The summed E-state index contributed by atoms with van der Waals surface area (Å²) in [6, 6.07) is 18.2. The van der Waals surface area contributed by atoms with Gasteiger partial charge in [-0.1, -0.05) is 38.1 Å². The smallest absolute Gasteiger partial charge is 0.196 e. The van der Waals surface area contributed by atoms with Crippen molar-refractivity contribution >= 4 is 28.4 Å². The lowest BCUT2D eigenvalue weighted by Crippen LogP contribution is -2.44. The van der Waals surface area contributed by atoms with E-state index in [4.69, 9.17) is 16.2 Å². The number of aliphatic imine (C=N–C) groups is 1. The second-order valence-electron chi connectivity index (χ2n) is 7.30. The van der Waals surface area contributed by atoms with E-state index in [-0.39, 0.29) is 0 Å². The number of fused-ring (bicyclic) bond motifs is 2. The minimum atomic E-state index is 0.515. The molecule has 1 aromatic heterocycles. The lowest BCUT2D eigenvalue weighted by atomic mass is 10.1.